The van der Waals surface area contributed by atoms with Crippen LogP contribution in [-0.2, 0) is 11.2 Å². The van der Waals surface area contributed by atoms with Gasteiger partial charge in [0, 0.05) is 6.04 Å². The predicted octanol–water partition coefficient (Wildman–Crippen LogP) is 3.27. The van der Waals surface area contributed by atoms with Crippen LogP contribution >= 0.6 is 0 Å². The van der Waals surface area contributed by atoms with Gasteiger partial charge in [-0.3, -0.25) is 10.1 Å². The number of aromatic nitrogens is 4. The lowest BCUT2D eigenvalue weighted by molar-refractivity contribution is -0.115. The van der Waals surface area contributed by atoms with Crippen molar-refractivity contribution in [2.45, 2.75) is 39.2 Å². The summed E-state index contributed by atoms with van der Waals surface area (Å²) in [5.41, 5.74) is 2.00. The first-order chi connectivity index (χ1) is 13.6. The van der Waals surface area contributed by atoms with E-state index >= 15 is 0 Å². The summed E-state index contributed by atoms with van der Waals surface area (Å²) in [6, 6.07) is 11.7. The van der Waals surface area contributed by atoms with E-state index in [0.29, 0.717) is 11.2 Å². The monoisotopic (exact) mass is 378 g/mol. The molecule has 28 heavy (non-hydrogen) atoms. The number of hydrogen-bond donors (Lipinski definition) is 1. The van der Waals surface area contributed by atoms with Crippen LogP contribution in [0.25, 0.3) is 11.2 Å². The normalized spacial score (nSPS) is 11.8. The van der Waals surface area contributed by atoms with E-state index in [-0.39, 0.29) is 43.2 Å². The Labute approximate surface area is 163 Å². The number of imidazole rings is 1. The molecule has 0 saturated heterocycles. The average Bonchev–Trinajstić information content (AvgIpc) is 3.12. The van der Waals surface area contributed by atoms with Crippen molar-refractivity contribution in [3.8, 4) is 11.9 Å². The lowest BCUT2D eigenvalue weighted by Gasteiger charge is -2.12. The maximum Gasteiger partial charge on any atom is 0.247 e. The van der Waals surface area contributed by atoms with E-state index in [1.165, 1.54) is 0 Å². The molecule has 8 heteroatoms. The zero-order valence-corrected chi connectivity index (χ0v) is 15.9. The molecule has 0 aliphatic heterocycles. The Morgan fingerprint density at radius 1 is 1.32 bits per heavy atom. The Morgan fingerprint density at radius 3 is 2.82 bits per heavy atom. The number of fused-ring (bicyclic) bond motifs is 1. The second kappa shape index (κ2) is 8.95. The molecule has 1 N–H and O–H groups in total. The summed E-state index contributed by atoms with van der Waals surface area (Å²) in [6.07, 6.45) is 3.04. The molecule has 1 amide bonds. The molecule has 1 aromatic carbocycles. The summed E-state index contributed by atoms with van der Waals surface area (Å²) in [5, 5.41) is 11.5. The van der Waals surface area contributed by atoms with E-state index in [1.54, 1.807) is 6.33 Å². The maximum atomic E-state index is 12.4. The van der Waals surface area contributed by atoms with E-state index in [0.717, 1.165) is 12.0 Å². The van der Waals surface area contributed by atoms with Crippen molar-refractivity contribution in [2.75, 3.05) is 11.9 Å². The van der Waals surface area contributed by atoms with Crippen LogP contribution in [0.1, 0.15) is 38.3 Å². The lowest BCUT2D eigenvalue weighted by Crippen LogP contribution is -2.17. The van der Waals surface area contributed by atoms with Crippen molar-refractivity contribution in [3.05, 3.63) is 42.2 Å². The van der Waals surface area contributed by atoms with Crippen molar-refractivity contribution < 1.29 is 9.53 Å². The molecule has 0 aliphatic carbocycles. The third-order valence-electron chi connectivity index (χ3n) is 4.37. The van der Waals surface area contributed by atoms with Gasteiger partial charge in [-0.15, -0.1) is 0 Å². The fourth-order valence-corrected chi connectivity index (χ4v) is 2.71. The van der Waals surface area contributed by atoms with E-state index < -0.39 is 0 Å². The molecule has 0 saturated carbocycles. The van der Waals surface area contributed by atoms with Crippen LogP contribution in [0.4, 0.5) is 5.95 Å². The Balaban J connectivity index is 1.89. The number of nitrogens with one attached hydrogen (secondary N) is 1. The zero-order chi connectivity index (χ0) is 19.9. The highest BCUT2D eigenvalue weighted by Crippen LogP contribution is 2.26. The summed E-state index contributed by atoms with van der Waals surface area (Å²) < 4.78 is 7.56. The smallest absolute Gasteiger partial charge is 0.247 e. The Kier molecular flexibility index (Phi) is 6.17. The third kappa shape index (κ3) is 4.43. The largest absolute Gasteiger partial charge is 0.475 e. The van der Waals surface area contributed by atoms with Gasteiger partial charge in [-0.1, -0.05) is 37.3 Å². The summed E-state index contributed by atoms with van der Waals surface area (Å²) in [7, 11) is 0. The number of rotatable bonds is 8. The number of nitriles is 1. The zero-order valence-electron chi connectivity index (χ0n) is 15.9. The molecular weight excluding hydrogens is 356 g/mol. The van der Waals surface area contributed by atoms with E-state index in [1.807, 2.05) is 41.0 Å². The minimum Gasteiger partial charge on any atom is -0.475 e. The highest BCUT2D eigenvalue weighted by atomic mass is 16.5. The lowest BCUT2D eigenvalue weighted by atomic mass is 10.1. The highest BCUT2D eigenvalue weighted by Gasteiger charge is 2.18. The van der Waals surface area contributed by atoms with Crippen LogP contribution in [0.5, 0.6) is 5.88 Å². The van der Waals surface area contributed by atoms with Gasteiger partial charge in [0.1, 0.15) is 6.61 Å². The SMILES string of the molecule is CCC(C)n1cnc2c(OCCC#N)nc(NC(=O)Cc3ccccc3)nc21. The van der Waals surface area contributed by atoms with Gasteiger partial charge in [-0.25, -0.2) is 4.98 Å². The molecule has 0 spiro atoms. The van der Waals surface area contributed by atoms with E-state index in [4.69, 9.17) is 10.00 Å². The fraction of sp³-hybridized carbons (Fsp3) is 0.350. The number of amides is 1. The summed E-state index contributed by atoms with van der Waals surface area (Å²) >= 11 is 0. The predicted molar refractivity (Wildman–Crippen MR) is 105 cm³/mol. The molecular formula is C20H22N6O2. The second-order valence-electron chi connectivity index (χ2n) is 6.40. The van der Waals surface area contributed by atoms with Crippen LogP contribution in [0.15, 0.2) is 36.7 Å². The fourth-order valence-electron chi connectivity index (χ4n) is 2.71. The maximum absolute atomic E-state index is 12.4. The van der Waals surface area contributed by atoms with E-state index in [9.17, 15) is 4.79 Å². The number of hydrogen-bond acceptors (Lipinski definition) is 6. The molecule has 3 aromatic rings. The van der Waals surface area contributed by atoms with Crippen LogP contribution in [0, 0.1) is 11.3 Å². The number of carbonyl (C=O) groups excluding carboxylic acids is 1. The van der Waals surface area contributed by atoms with Gasteiger partial charge in [0.2, 0.25) is 17.7 Å². The standard InChI is InChI=1S/C20H22N6O2/c1-3-14(2)26-13-22-17-18(26)24-20(25-19(17)28-11-7-10-21)23-16(27)12-15-8-5-4-6-9-15/h4-6,8-9,13-14H,3,7,11-12H2,1-2H3,(H,23,24,25,27). The van der Waals surface area contributed by atoms with Crippen molar-refractivity contribution in [1.29, 1.82) is 5.26 Å². The number of nitrogens with zero attached hydrogens (tertiary/aromatic N) is 5. The third-order valence-corrected chi connectivity index (χ3v) is 4.37. The first-order valence-electron chi connectivity index (χ1n) is 9.20. The second-order valence-corrected chi connectivity index (χ2v) is 6.40. The molecule has 0 bridgehead atoms. The Bertz CT molecular complexity index is 993. The van der Waals surface area contributed by atoms with Crippen LogP contribution in [0.3, 0.4) is 0 Å². The molecule has 0 aliphatic rings. The molecule has 0 fully saturated rings. The quantitative estimate of drug-likeness (QED) is 0.603. The summed E-state index contributed by atoms with van der Waals surface area (Å²) in [6.45, 7) is 4.33. The van der Waals surface area contributed by atoms with Crippen molar-refractivity contribution in [3.63, 3.8) is 0 Å². The average molecular weight is 378 g/mol. The van der Waals surface area contributed by atoms with Crippen LogP contribution < -0.4 is 10.1 Å². The molecule has 0 radical (unpaired) electrons. The molecule has 1 unspecified atom stereocenters. The first kappa shape index (κ1) is 19.3. The van der Waals surface area contributed by atoms with Gasteiger partial charge >= 0.3 is 0 Å². The number of carbonyl (C=O) groups is 1. The van der Waals surface area contributed by atoms with E-state index in [2.05, 4.69) is 34.1 Å². The highest BCUT2D eigenvalue weighted by molar-refractivity contribution is 5.91. The van der Waals surface area contributed by atoms with Crippen molar-refractivity contribution >= 4 is 23.0 Å². The number of ether oxygens (including phenoxy) is 1. The number of anilines is 1. The van der Waals surface area contributed by atoms with Crippen LogP contribution in [0.2, 0.25) is 0 Å². The molecule has 1 atom stereocenters. The van der Waals surface area contributed by atoms with Gasteiger partial charge in [-0.2, -0.15) is 15.2 Å². The topological polar surface area (TPSA) is 106 Å². The van der Waals surface area contributed by atoms with Crippen molar-refractivity contribution in [1.82, 2.24) is 19.5 Å². The summed E-state index contributed by atoms with van der Waals surface area (Å²) in [5.74, 6) is 0.200. The number of benzene rings is 1. The van der Waals surface area contributed by atoms with Gasteiger partial charge in [0.25, 0.3) is 0 Å². The molecule has 2 aromatic heterocycles. The minimum absolute atomic E-state index is 0.158. The molecule has 8 nitrogen and oxygen atoms in total. The van der Waals surface area contributed by atoms with Gasteiger partial charge in [-0.05, 0) is 18.9 Å². The molecule has 3 rings (SSSR count). The molecule has 144 valence electrons. The van der Waals surface area contributed by atoms with Crippen molar-refractivity contribution in [2.24, 2.45) is 0 Å². The van der Waals surface area contributed by atoms with Gasteiger partial charge in [0.05, 0.1) is 25.2 Å². The Hall–Kier alpha value is -3.47. The van der Waals surface area contributed by atoms with Crippen LogP contribution in [-0.4, -0.2) is 32.0 Å². The Morgan fingerprint density at radius 2 is 2.11 bits per heavy atom. The minimum atomic E-state index is -0.219. The first-order valence-corrected chi connectivity index (χ1v) is 9.20. The van der Waals surface area contributed by atoms with Gasteiger partial charge in [0.15, 0.2) is 11.2 Å². The molecule has 2 heterocycles. The summed E-state index contributed by atoms with van der Waals surface area (Å²) in [4.78, 5) is 25.6. The van der Waals surface area contributed by atoms with Gasteiger partial charge < -0.3 is 9.30 Å².